The van der Waals surface area contributed by atoms with E-state index in [9.17, 15) is 73.5 Å². The van der Waals surface area contributed by atoms with E-state index in [1.165, 1.54) is 24.3 Å². The molecule has 0 radical (unpaired) electrons. The fraction of sp³-hybridized carbons (Fsp3) is 0.175. The first-order valence-electron chi connectivity index (χ1n) is 18.2. The number of benzene rings is 4. The summed E-state index contributed by atoms with van der Waals surface area (Å²) in [5.74, 6) is -3.08. The van der Waals surface area contributed by atoms with E-state index in [2.05, 4.69) is 19.4 Å². The van der Waals surface area contributed by atoms with Gasteiger partial charge in [0.15, 0.2) is 31.1 Å². The zero-order chi connectivity index (χ0) is 49.8. The van der Waals surface area contributed by atoms with E-state index in [-0.39, 0.29) is 33.9 Å². The molecule has 0 N–H and O–H groups in total. The molecule has 7 aromatic rings. The van der Waals surface area contributed by atoms with Crippen molar-refractivity contribution in [2.45, 2.75) is 41.5 Å². The third-order valence-electron chi connectivity index (χ3n) is 9.31. The SMILES string of the molecule is Cc1cc(-c2cscn2)ccc1-c1cc(C(F)(F)F)nn1-c1ccc(S(C)(=O)=O)c(F)c1.Cc1cc(OS(=O)(=O)C(F)(F)F)ccc1-c1cc(C(F)(F)F)nn1-c1ccc(S(C)(=O)=O)c(F)c1. The predicted molar refractivity (Wildman–Crippen MR) is 220 cm³/mol. The molecule has 27 heteroatoms. The number of aryl methyl sites for hydroxylation is 2. The number of rotatable bonds is 9. The van der Waals surface area contributed by atoms with Gasteiger partial charge in [-0.25, -0.2) is 40.0 Å². The van der Waals surface area contributed by atoms with Crippen LogP contribution in [-0.4, -0.2) is 67.8 Å². The van der Waals surface area contributed by atoms with Crippen LogP contribution in [0.15, 0.2) is 106 Å². The Balaban J connectivity index is 0.000000222. The molecule has 3 heterocycles. The van der Waals surface area contributed by atoms with Gasteiger partial charge in [-0.3, -0.25) is 0 Å². The van der Waals surface area contributed by atoms with Crippen molar-refractivity contribution in [3.8, 4) is 50.9 Å². The van der Waals surface area contributed by atoms with Crippen LogP contribution in [-0.2, 0) is 42.1 Å². The van der Waals surface area contributed by atoms with Crippen LogP contribution in [0, 0.1) is 25.5 Å². The fourth-order valence-corrected chi connectivity index (χ4v) is 8.75. The second kappa shape index (κ2) is 17.8. The quantitative estimate of drug-likeness (QED) is 0.0774. The van der Waals surface area contributed by atoms with Crippen LogP contribution in [0.5, 0.6) is 5.75 Å². The van der Waals surface area contributed by atoms with Gasteiger partial charge in [-0.1, -0.05) is 12.1 Å². The predicted octanol–water partition coefficient (Wildman–Crippen LogP) is 10.2. The molecule has 67 heavy (non-hydrogen) atoms. The van der Waals surface area contributed by atoms with E-state index in [1.807, 2.05) is 5.38 Å². The molecule has 0 saturated heterocycles. The molecule has 3 aromatic heterocycles. The highest BCUT2D eigenvalue weighted by molar-refractivity contribution is 7.91. The number of nitrogens with zero attached hydrogens (tertiary/aromatic N) is 5. The summed E-state index contributed by atoms with van der Waals surface area (Å²) in [6.07, 6.45) is -8.08. The molecule has 0 spiro atoms. The first-order chi connectivity index (χ1) is 30.8. The maximum Gasteiger partial charge on any atom is 0.534 e. The summed E-state index contributed by atoms with van der Waals surface area (Å²) in [7, 11) is -13.8. The standard InChI is InChI=1S/C21H15F4N3O2S2.C19H13F7N2O5S2/c1-12-7-13(17-10-31-11-26-17)3-5-15(12)18-9-20(21(23,24)25)27-28(18)14-4-6-19(16(22)8-14)32(2,29)30;1-10-7-12(33-35(31,32)19(24,25)26)4-5-13(10)15-9-17(18(21,22)23)27-28(15)11-3-6-16(14(20)8-11)34(2,29)30/h3-11H,1-2H3;3-9H,1-2H3. The third-order valence-corrected chi connectivity index (χ3v) is 13.1. The van der Waals surface area contributed by atoms with Gasteiger partial charge in [0.1, 0.15) is 27.2 Å². The van der Waals surface area contributed by atoms with Crippen LogP contribution in [0.4, 0.5) is 48.3 Å². The third kappa shape index (κ3) is 11.0. The molecule has 12 nitrogen and oxygen atoms in total. The molecule has 0 aliphatic heterocycles. The first-order valence-corrected chi connectivity index (χ1v) is 24.4. The lowest BCUT2D eigenvalue weighted by atomic mass is 10.0. The second-order valence-corrected chi connectivity index (χ2v) is 20.5. The minimum atomic E-state index is -5.99. The van der Waals surface area contributed by atoms with Crippen molar-refractivity contribution in [2.24, 2.45) is 0 Å². The Bertz CT molecular complexity index is 3370. The van der Waals surface area contributed by atoms with Gasteiger partial charge in [0, 0.05) is 46.7 Å². The van der Waals surface area contributed by atoms with Crippen molar-refractivity contribution in [3.05, 3.63) is 130 Å². The maximum absolute atomic E-state index is 14.4. The number of thiazole rings is 1. The number of halogens is 11. The molecular weight excluding hydrogens is 1000 g/mol. The average molecular weight is 1030 g/mol. The Morgan fingerprint density at radius 1 is 0.582 bits per heavy atom. The van der Waals surface area contributed by atoms with Gasteiger partial charge in [-0.2, -0.15) is 58.1 Å². The van der Waals surface area contributed by atoms with Crippen molar-refractivity contribution in [1.29, 1.82) is 0 Å². The Morgan fingerprint density at radius 2 is 1.03 bits per heavy atom. The summed E-state index contributed by atoms with van der Waals surface area (Å²) >= 11 is 1.42. The van der Waals surface area contributed by atoms with Gasteiger partial charge >= 0.3 is 28.0 Å². The monoisotopic (exact) mass is 1030 g/mol. The minimum absolute atomic E-state index is 0.0111. The topological polar surface area (TPSA) is 160 Å². The molecule has 7 rings (SSSR count). The highest BCUT2D eigenvalue weighted by Crippen LogP contribution is 2.38. The molecule has 0 unspecified atom stereocenters. The number of sulfone groups is 2. The summed E-state index contributed by atoms with van der Waals surface area (Å²) in [5.41, 5.74) is -4.51. The Labute approximate surface area is 376 Å². The molecule has 4 aromatic carbocycles. The van der Waals surface area contributed by atoms with Crippen LogP contribution >= 0.6 is 11.3 Å². The number of hydrogen-bond donors (Lipinski definition) is 0. The molecule has 0 aliphatic rings. The summed E-state index contributed by atoms with van der Waals surface area (Å²) in [6.45, 7) is 2.99. The smallest absolute Gasteiger partial charge is 0.376 e. The molecule has 0 aliphatic carbocycles. The second-order valence-electron chi connectivity index (χ2n) is 14.3. The van der Waals surface area contributed by atoms with E-state index >= 15 is 0 Å². The van der Waals surface area contributed by atoms with Crippen LogP contribution in [0.1, 0.15) is 22.5 Å². The lowest BCUT2D eigenvalue weighted by Crippen LogP contribution is -2.28. The first kappa shape index (κ1) is 50.2. The van der Waals surface area contributed by atoms with Crippen molar-refractivity contribution >= 4 is 41.1 Å². The molecule has 356 valence electrons. The molecular formula is C40H28F11N5O7S4. The molecule has 0 saturated carbocycles. The lowest BCUT2D eigenvalue weighted by Gasteiger charge is -2.13. The summed E-state index contributed by atoms with van der Waals surface area (Å²) in [6, 6.07) is 14.8. The van der Waals surface area contributed by atoms with Gasteiger partial charge < -0.3 is 4.18 Å². The zero-order valence-corrected chi connectivity index (χ0v) is 37.4. The fourth-order valence-electron chi connectivity index (χ4n) is 6.28. The van der Waals surface area contributed by atoms with E-state index < -0.39 is 86.2 Å². The normalized spacial score (nSPS) is 12.8. The summed E-state index contributed by atoms with van der Waals surface area (Å²) < 4.78 is 221. The molecule has 0 amide bonds. The number of hydrogen-bond acceptors (Lipinski definition) is 11. The Morgan fingerprint density at radius 3 is 1.39 bits per heavy atom. The van der Waals surface area contributed by atoms with Crippen LogP contribution in [0.3, 0.4) is 0 Å². The summed E-state index contributed by atoms with van der Waals surface area (Å²) in [4.78, 5) is 2.98. The van der Waals surface area contributed by atoms with E-state index in [1.54, 1.807) is 30.6 Å². The lowest BCUT2D eigenvalue weighted by molar-refractivity contribution is -0.142. The van der Waals surface area contributed by atoms with E-state index in [0.29, 0.717) is 27.9 Å². The van der Waals surface area contributed by atoms with Crippen LogP contribution < -0.4 is 4.18 Å². The van der Waals surface area contributed by atoms with Gasteiger partial charge in [-0.05, 0) is 85.6 Å². The van der Waals surface area contributed by atoms with Gasteiger partial charge in [0.05, 0.1) is 34.0 Å². The van der Waals surface area contributed by atoms with E-state index in [0.717, 1.165) is 77.0 Å². The number of alkyl halides is 9. The summed E-state index contributed by atoms with van der Waals surface area (Å²) in [5, 5.41) is 8.91. The van der Waals surface area contributed by atoms with Crippen molar-refractivity contribution < 1.29 is 77.7 Å². The van der Waals surface area contributed by atoms with Gasteiger partial charge in [0.2, 0.25) is 0 Å². The highest BCUT2D eigenvalue weighted by Gasteiger charge is 2.48. The highest BCUT2D eigenvalue weighted by atomic mass is 32.2. The van der Waals surface area contributed by atoms with Crippen molar-refractivity contribution in [2.75, 3.05) is 12.5 Å². The molecule has 0 fully saturated rings. The molecule has 0 atom stereocenters. The molecule has 0 bridgehead atoms. The van der Waals surface area contributed by atoms with Gasteiger partial charge in [-0.15, -0.1) is 11.3 Å². The van der Waals surface area contributed by atoms with Crippen molar-refractivity contribution in [1.82, 2.24) is 24.5 Å². The zero-order valence-electron chi connectivity index (χ0n) is 34.1. The van der Waals surface area contributed by atoms with Crippen molar-refractivity contribution in [3.63, 3.8) is 0 Å². The number of aromatic nitrogens is 5. The largest absolute Gasteiger partial charge is 0.534 e. The Kier molecular flexibility index (Phi) is 13.3. The van der Waals surface area contributed by atoms with Crippen LogP contribution in [0.25, 0.3) is 45.1 Å². The van der Waals surface area contributed by atoms with Gasteiger partial charge in [0.25, 0.3) is 0 Å². The average Bonchev–Trinajstić information content (AvgIpc) is 3.98. The Hall–Kier alpha value is -6.19. The minimum Gasteiger partial charge on any atom is -0.376 e. The maximum atomic E-state index is 14.4. The van der Waals surface area contributed by atoms with Crippen LogP contribution in [0.2, 0.25) is 0 Å². The van der Waals surface area contributed by atoms with E-state index in [4.69, 9.17) is 0 Å².